The molecule has 4 aromatic rings. The van der Waals surface area contributed by atoms with E-state index in [-0.39, 0.29) is 11.7 Å². The van der Waals surface area contributed by atoms with Crippen molar-refractivity contribution in [2.75, 3.05) is 18.2 Å². The number of benzene rings is 3. The van der Waals surface area contributed by atoms with Gasteiger partial charge in [-0.15, -0.1) is 10.2 Å². The predicted octanol–water partition coefficient (Wildman–Crippen LogP) is 5.98. The zero-order valence-electron chi connectivity index (χ0n) is 17.0. The van der Waals surface area contributed by atoms with E-state index in [0.29, 0.717) is 26.7 Å². The molecule has 0 aliphatic rings. The molecule has 0 aliphatic heterocycles. The average Bonchev–Trinajstić information content (AvgIpc) is 3.21. The number of rotatable bonds is 7. The van der Waals surface area contributed by atoms with Gasteiger partial charge in [0.15, 0.2) is 11.0 Å². The van der Waals surface area contributed by atoms with Crippen LogP contribution >= 0.6 is 35.0 Å². The lowest BCUT2D eigenvalue weighted by atomic mass is 10.2. The molecule has 0 unspecified atom stereocenters. The van der Waals surface area contributed by atoms with E-state index < -0.39 is 0 Å². The molecule has 1 aromatic heterocycles. The van der Waals surface area contributed by atoms with Crippen molar-refractivity contribution in [2.24, 2.45) is 0 Å². The maximum Gasteiger partial charge on any atom is 0.234 e. The van der Waals surface area contributed by atoms with E-state index in [1.165, 1.54) is 11.8 Å². The summed E-state index contributed by atoms with van der Waals surface area (Å²) in [6.45, 7) is 0. The van der Waals surface area contributed by atoms with Crippen molar-refractivity contribution < 1.29 is 9.53 Å². The van der Waals surface area contributed by atoms with Crippen molar-refractivity contribution in [1.82, 2.24) is 14.8 Å². The van der Waals surface area contributed by atoms with Crippen LogP contribution < -0.4 is 10.1 Å². The molecule has 0 spiro atoms. The number of ether oxygens (including phenoxy) is 1. The van der Waals surface area contributed by atoms with Gasteiger partial charge >= 0.3 is 0 Å². The quantitative estimate of drug-likeness (QED) is 0.326. The van der Waals surface area contributed by atoms with Gasteiger partial charge in [-0.05, 0) is 42.5 Å². The maximum absolute atomic E-state index is 12.5. The lowest BCUT2D eigenvalue weighted by Gasteiger charge is -2.11. The monoisotopic (exact) mass is 484 g/mol. The molecule has 32 heavy (non-hydrogen) atoms. The molecule has 0 radical (unpaired) electrons. The van der Waals surface area contributed by atoms with Crippen molar-refractivity contribution >= 4 is 46.6 Å². The third-order valence-electron chi connectivity index (χ3n) is 4.47. The topological polar surface area (TPSA) is 69.0 Å². The lowest BCUT2D eigenvalue weighted by Crippen LogP contribution is -2.14. The highest BCUT2D eigenvalue weighted by atomic mass is 35.5. The third-order valence-corrected chi connectivity index (χ3v) is 5.84. The molecule has 1 heterocycles. The Kier molecular flexibility index (Phi) is 6.99. The summed E-state index contributed by atoms with van der Waals surface area (Å²) in [6, 6.07) is 22.2. The molecule has 0 atom stereocenters. The minimum atomic E-state index is -0.209. The zero-order chi connectivity index (χ0) is 22.5. The molecule has 0 saturated carbocycles. The number of anilines is 1. The third kappa shape index (κ3) is 5.24. The normalized spacial score (nSPS) is 10.7. The second-order valence-electron chi connectivity index (χ2n) is 6.70. The minimum Gasteiger partial charge on any atom is -0.497 e. The number of hydrogen-bond donors (Lipinski definition) is 1. The number of carbonyl (C=O) groups is 1. The highest BCUT2D eigenvalue weighted by Gasteiger charge is 2.17. The summed E-state index contributed by atoms with van der Waals surface area (Å²) >= 11 is 13.3. The van der Waals surface area contributed by atoms with Crippen molar-refractivity contribution in [3.05, 3.63) is 82.8 Å². The number of nitrogens with zero attached hydrogens (tertiary/aromatic N) is 3. The molecular formula is C23H18Cl2N4O2S. The van der Waals surface area contributed by atoms with Crippen LogP contribution in [0.5, 0.6) is 5.75 Å². The fourth-order valence-electron chi connectivity index (χ4n) is 3.05. The van der Waals surface area contributed by atoms with Crippen LogP contribution in [0.2, 0.25) is 10.0 Å². The van der Waals surface area contributed by atoms with E-state index in [0.717, 1.165) is 17.0 Å². The Morgan fingerprint density at radius 2 is 1.69 bits per heavy atom. The number of carbonyl (C=O) groups excluding carboxylic acids is 1. The largest absolute Gasteiger partial charge is 0.497 e. The molecule has 162 valence electrons. The van der Waals surface area contributed by atoms with Crippen LogP contribution in [0.4, 0.5) is 5.69 Å². The van der Waals surface area contributed by atoms with Gasteiger partial charge in [-0.1, -0.05) is 65.3 Å². The van der Waals surface area contributed by atoms with Crippen LogP contribution in [0.3, 0.4) is 0 Å². The van der Waals surface area contributed by atoms with Crippen molar-refractivity contribution in [3.63, 3.8) is 0 Å². The van der Waals surface area contributed by atoms with Gasteiger partial charge in [-0.25, -0.2) is 0 Å². The summed E-state index contributed by atoms with van der Waals surface area (Å²) in [7, 11) is 1.62. The van der Waals surface area contributed by atoms with E-state index >= 15 is 0 Å². The van der Waals surface area contributed by atoms with Crippen molar-refractivity contribution in [3.8, 4) is 22.8 Å². The molecule has 3 aromatic carbocycles. The van der Waals surface area contributed by atoms with E-state index in [2.05, 4.69) is 15.5 Å². The molecule has 0 bridgehead atoms. The molecular weight excluding hydrogens is 467 g/mol. The Morgan fingerprint density at radius 3 is 2.34 bits per heavy atom. The first-order chi connectivity index (χ1) is 15.5. The summed E-state index contributed by atoms with van der Waals surface area (Å²) in [5.41, 5.74) is 2.31. The van der Waals surface area contributed by atoms with E-state index in [1.807, 2.05) is 59.2 Å². The van der Waals surface area contributed by atoms with Crippen LogP contribution in [-0.2, 0) is 4.79 Å². The summed E-state index contributed by atoms with van der Waals surface area (Å²) < 4.78 is 7.19. The first-order valence-electron chi connectivity index (χ1n) is 9.57. The molecule has 9 heteroatoms. The van der Waals surface area contributed by atoms with Crippen LogP contribution in [0, 0.1) is 0 Å². The fourth-order valence-corrected chi connectivity index (χ4v) is 4.33. The second kappa shape index (κ2) is 10.1. The maximum atomic E-state index is 12.5. The summed E-state index contributed by atoms with van der Waals surface area (Å²) in [5.74, 6) is 1.35. The Bertz CT molecular complexity index is 1210. The SMILES string of the molecule is COc1ccc(-n2c(SCC(=O)Nc3cc(Cl)cc(Cl)c3)nnc2-c2ccccc2)cc1. The lowest BCUT2D eigenvalue weighted by molar-refractivity contribution is -0.113. The van der Waals surface area contributed by atoms with Gasteiger partial charge in [0.1, 0.15) is 5.75 Å². The average molecular weight is 485 g/mol. The molecule has 1 amide bonds. The number of aromatic nitrogens is 3. The number of hydrogen-bond acceptors (Lipinski definition) is 5. The Labute approximate surface area is 199 Å². The van der Waals surface area contributed by atoms with Gasteiger partial charge in [0.25, 0.3) is 0 Å². The van der Waals surface area contributed by atoms with Crippen LogP contribution in [0.1, 0.15) is 0 Å². The molecule has 0 aliphatic carbocycles. The molecule has 0 fully saturated rings. The number of amides is 1. The van der Waals surface area contributed by atoms with Crippen molar-refractivity contribution in [1.29, 1.82) is 0 Å². The van der Waals surface area contributed by atoms with Gasteiger partial charge in [0.05, 0.1) is 12.9 Å². The highest BCUT2D eigenvalue weighted by molar-refractivity contribution is 7.99. The number of thioether (sulfide) groups is 1. The van der Waals surface area contributed by atoms with E-state index in [9.17, 15) is 4.79 Å². The number of methoxy groups -OCH3 is 1. The van der Waals surface area contributed by atoms with Gasteiger partial charge in [-0.2, -0.15) is 0 Å². The van der Waals surface area contributed by atoms with E-state index in [1.54, 1.807) is 25.3 Å². The predicted molar refractivity (Wildman–Crippen MR) is 129 cm³/mol. The summed E-state index contributed by atoms with van der Waals surface area (Å²) in [5, 5.41) is 13.0. The summed E-state index contributed by atoms with van der Waals surface area (Å²) in [6.07, 6.45) is 0. The minimum absolute atomic E-state index is 0.132. The van der Waals surface area contributed by atoms with E-state index in [4.69, 9.17) is 27.9 Å². The Morgan fingerprint density at radius 1 is 1.00 bits per heavy atom. The summed E-state index contributed by atoms with van der Waals surface area (Å²) in [4.78, 5) is 12.5. The van der Waals surface area contributed by atoms with Crippen LogP contribution in [0.25, 0.3) is 17.1 Å². The smallest absolute Gasteiger partial charge is 0.234 e. The molecule has 1 N–H and O–H groups in total. The van der Waals surface area contributed by atoms with Crippen LogP contribution in [0.15, 0.2) is 78.0 Å². The zero-order valence-corrected chi connectivity index (χ0v) is 19.3. The van der Waals surface area contributed by atoms with Gasteiger partial charge in [0, 0.05) is 27.0 Å². The van der Waals surface area contributed by atoms with Crippen LogP contribution in [-0.4, -0.2) is 33.5 Å². The first-order valence-corrected chi connectivity index (χ1v) is 11.3. The highest BCUT2D eigenvalue weighted by Crippen LogP contribution is 2.29. The second-order valence-corrected chi connectivity index (χ2v) is 8.52. The molecule has 0 saturated heterocycles. The molecule has 4 rings (SSSR count). The first kappa shape index (κ1) is 22.2. The Balaban J connectivity index is 1.59. The van der Waals surface area contributed by atoms with Gasteiger partial charge < -0.3 is 10.1 Å². The standard InChI is InChI=1S/C23H18Cl2N4O2S/c1-31-20-9-7-19(8-10-20)29-22(15-5-3-2-4-6-15)27-28-23(29)32-14-21(30)26-18-12-16(24)11-17(25)13-18/h2-13H,14H2,1H3,(H,26,30). The number of halogens is 2. The van der Waals surface area contributed by atoms with Crippen molar-refractivity contribution in [2.45, 2.75) is 5.16 Å². The number of nitrogens with one attached hydrogen (secondary N) is 1. The molecule has 6 nitrogen and oxygen atoms in total. The van der Waals surface area contributed by atoms with Gasteiger partial charge in [-0.3, -0.25) is 9.36 Å². The van der Waals surface area contributed by atoms with Gasteiger partial charge in [0.2, 0.25) is 5.91 Å². The fraction of sp³-hybridized carbons (Fsp3) is 0.0870. The Hall–Kier alpha value is -3.00.